The van der Waals surface area contributed by atoms with Crippen molar-refractivity contribution in [2.24, 2.45) is 7.05 Å². The number of aryl methyl sites for hydroxylation is 2. The molecular weight excluding hydrogens is 222 g/mol. The van der Waals surface area contributed by atoms with E-state index in [1.807, 2.05) is 25.2 Å². The van der Waals surface area contributed by atoms with Gasteiger partial charge in [-0.05, 0) is 42.6 Å². The van der Waals surface area contributed by atoms with Crippen LogP contribution >= 0.6 is 0 Å². The van der Waals surface area contributed by atoms with Gasteiger partial charge in [-0.25, -0.2) is 0 Å². The molecule has 0 spiro atoms. The zero-order valence-electron chi connectivity index (χ0n) is 10.6. The highest BCUT2D eigenvalue weighted by Gasteiger charge is 2.01. The van der Waals surface area contributed by atoms with Gasteiger partial charge in [-0.3, -0.25) is 0 Å². The lowest BCUT2D eigenvalue weighted by Crippen LogP contribution is -1.87. The molecule has 18 heavy (non-hydrogen) atoms. The van der Waals surface area contributed by atoms with E-state index in [4.69, 9.17) is 4.74 Å². The molecule has 0 aliphatic heterocycles. The lowest BCUT2D eigenvalue weighted by atomic mass is 10.2. The Kier molecular flexibility index (Phi) is 2.56. The minimum Gasteiger partial charge on any atom is -0.457 e. The first-order valence-corrected chi connectivity index (χ1v) is 6.02. The largest absolute Gasteiger partial charge is 0.457 e. The summed E-state index contributed by atoms with van der Waals surface area (Å²) in [6.07, 6.45) is 2.06. The van der Waals surface area contributed by atoms with Crippen LogP contribution < -0.4 is 4.74 Å². The van der Waals surface area contributed by atoms with E-state index in [0.717, 1.165) is 11.5 Å². The lowest BCUT2D eigenvalue weighted by molar-refractivity contribution is 0.483. The Morgan fingerprint density at radius 2 is 1.61 bits per heavy atom. The van der Waals surface area contributed by atoms with Crippen molar-refractivity contribution in [3.63, 3.8) is 0 Å². The van der Waals surface area contributed by atoms with E-state index in [-0.39, 0.29) is 0 Å². The maximum atomic E-state index is 5.85. The smallest absolute Gasteiger partial charge is 0.129 e. The molecule has 0 amide bonds. The van der Waals surface area contributed by atoms with Gasteiger partial charge in [0.1, 0.15) is 11.5 Å². The summed E-state index contributed by atoms with van der Waals surface area (Å²) in [6.45, 7) is 2.07. The molecule has 2 heteroatoms. The molecule has 3 rings (SSSR count). The number of ether oxygens (including phenoxy) is 1. The summed E-state index contributed by atoms with van der Waals surface area (Å²) in [5, 5.41) is 1.23. The first-order valence-electron chi connectivity index (χ1n) is 6.02. The van der Waals surface area contributed by atoms with Gasteiger partial charge in [0, 0.05) is 19.3 Å². The monoisotopic (exact) mass is 237 g/mol. The summed E-state index contributed by atoms with van der Waals surface area (Å²) in [7, 11) is 2.04. The number of hydrogen-bond acceptors (Lipinski definition) is 1. The average molecular weight is 237 g/mol. The van der Waals surface area contributed by atoms with Gasteiger partial charge >= 0.3 is 0 Å². The molecule has 0 saturated heterocycles. The standard InChI is InChI=1S/C16H15NO/c1-12-3-6-14(7-4-12)18-15-8-5-13-9-10-17(2)16(13)11-15/h3-11H,1-2H3. The Labute approximate surface area is 106 Å². The second-order valence-electron chi connectivity index (χ2n) is 4.56. The van der Waals surface area contributed by atoms with E-state index in [9.17, 15) is 0 Å². The molecule has 1 aromatic heterocycles. The topological polar surface area (TPSA) is 14.2 Å². The number of benzene rings is 2. The quantitative estimate of drug-likeness (QED) is 0.649. The zero-order chi connectivity index (χ0) is 12.5. The summed E-state index contributed by atoms with van der Waals surface area (Å²) >= 11 is 0. The fourth-order valence-corrected chi connectivity index (χ4v) is 2.05. The van der Waals surface area contributed by atoms with E-state index >= 15 is 0 Å². The lowest BCUT2D eigenvalue weighted by Gasteiger charge is -2.06. The van der Waals surface area contributed by atoms with Crippen LogP contribution in [0.5, 0.6) is 11.5 Å². The van der Waals surface area contributed by atoms with Crippen LogP contribution in [0.1, 0.15) is 5.56 Å². The van der Waals surface area contributed by atoms with E-state index in [1.165, 1.54) is 16.5 Å². The molecule has 0 aliphatic rings. The molecule has 0 aliphatic carbocycles. The zero-order valence-corrected chi connectivity index (χ0v) is 10.6. The molecule has 0 N–H and O–H groups in total. The third-order valence-corrected chi connectivity index (χ3v) is 3.12. The van der Waals surface area contributed by atoms with Crippen molar-refractivity contribution in [2.45, 2.75) is 6.92 Å². The van der Waals surface area contributed by atoms with Crippen molar-refractivity contribution in [3.8, 4) is 11.5 Å². The van der Waals surface area contributed by atoms with Crippen molar-refractivity contribution in [1.82, 2.24) is 4.57 Å². The Morgan fingerprint density at radius 3 is 2.39 bits per heavy atom. The molecule has 90 valence electrons. The van der Waals surface area contributed by atoms with Crippen LogP contribution in [-0.4, -0.2) is 4.57 Å². The molecular formula is C16H15NO. The molecule has 0 fully saturated rings. The SMILES string of the molecule is Cc1ccc(Oc2ccc3ccn(C)c3c2)cc1. The Morgan fingerprint density at radius 1 is 0.889 bits per heavy atom. The van der Waals surface area contributed by atoms with Gasteiger partial charge in [-0.1, -0.05) is 17.7 Å². The number of hydrogen-bond donors (Lipinski definition) is 0. The van der Waals surface area contributed by atoms with Crippen LogP contribution in [0.4, 0.5) is 0 Å². The van der Waals surface area contributed by atoms with E-state index in [1.54, 1.807) is 0 Å². The van der Waals surface area contributed by atoms with Crippen molar-refractivity contribution < 1.29 is 4.74 Å². The Hall–Kier alpha value is -2.22. The van der Waals surface area contributed by atoms with Gasteiger partial charge in [0.25, 0.3) is 0 Å². The summed E-state index contributed by atoms with van der Waals surface area (Å²) < 4.78 is 7.95. The minimum atomic E-state index is 0.869. The highest BCUT2D eigenvalue weighted by Crippen LogP contribution is 2.26. The third-order valence-electron chi connectivity index (χ3n) is 3.12. The predicted octanol–water partition coefficient (Wildman–Crippen LogP) is 4.28. The number of aromatic nitrogens is 1. The first-order chi connectivity index (χ1) is 8.72. The van der Waals surface area contributed by atoms with Gasteiger partial charge < -0.3 is 9.30 Å². The van der Waals surface area contributed by atoms with Crippen LogP contribution in [0.15, 0.2) is 54.7 Å². The van der Waals surface area contributed by atoms with Crippen molar-refractivity contribution in [3.05, 3.63) is 60.3 Å². The van der Waals surface area contributed by atoms with Crippen LogP contribution in [0.25, 0.3) is 10.9 Å². The van der Waals surface area contributed by atoms with E-state index < -0.39 is 0 Å². The van der Waals surface area contributed by atoms with Crippen LogP contribution in [-0.2, 0) is 7.05 Å². The van der Waals surface area contributed by atoms with Crippen LogP contribution in [0.3, 0.4) is 0 Å². The van der Waals surface area contributed by atoms with Gasteiger partial charge in [0.05, 0.1) is 5.52 Å². The van der Waals surface area contributed by atoms with Crippen molar-refractivity contribution >= 4 is 10.9 Å². The molecule has 2 aromatic carbocycles. The third kappa shape index (κ3) is 1.97. The second kappa shape index (κ2) is 4.22. The van der Waals surface area contributed by atoms with E-state index in [0.29, 0.717) is 0 Å². The normalized spacial score (nSPS) is 10.8. The average Bonchev–Trinajstić information content (AvgIpc) is 2.74. The van der Waals surface area contributed by atoms with Gasteiger partial charge in [-0.15, -0.1) is 0 Å². The molecule has 0 atom stereocenters. The van der Waals surface area contributed by atoms with Crippen LogP contribution in [0.2, 0.25) is 0 Å². The maximum Gasteiger partial charge on any atom is 0.129 e. The fourth-order valence-electron chi connectivity index (χ4n) is 2.05. The summed E-state index contributed by atoms with van der Waals surface area (Å²) in [4.78, 5) is 0. The highest BCUT2D eigenvalue weighted by atomic mass is 16.5. The first kappa shape index (κ1) is 10.9. The van der Waals surface area contributed by atoms with E-state index in [2.05, 4.69) is 48.0 Å². The number of rotatable bonds is 2. The molecule has 0 saturated carbocycles. The van der Waals surface area contributed by atoms with Gasteiger partial charge in [0.2, 0.25) is 0 Å². The molecule has 1 heterocycles. The minimum absolute atomic E-state index is 0.869. The molecule has 0 bridgehead atoms. The summed E-state index contributed by atoms with van der Waals surface area (Å²) in [5.41, 5.74) is 2.42. The van der Waals surface area contributed by atoms with Crippen molar-refractivity contribution in [2.75, 3.05) is 0 Å². The van der Waals surface area contributed by atoms with Crippen LogP contribution in [0, 0.1) is 6.92 Å². The Balaban J connectivity index is 1.94. The highest BCUT2D eigenvalue weighted by molar-refractivity contribution is 5.81. The predicted molar refractivity (Wildman–Crippen MR) is 74.2 cm³/mol. The van der Waals surface area contributed by atoms with Gasteiger partial charge in [0.15, 0.2) is 0 Å². The molecule has 2 nitrogen and oxygen atoms in total. The van der Waals surface area contributed by atoms with Gasteiger partial charge in [-0.2, -0.15) is 0 Å². The van der Waals surface area contributed by atoms with Crippen molar-refractivity contribution in [1.29, 1.82) is 0 Å². The fraction of sp³-hybridized carbons (Fsp3) is 0.125. The second-order valence-corrected chi connectivity index (χ2v) is 4.56. The number of fused-ring (bicyclic) bond motifs is 1. The summed E-state index contributed by atoms with van der Waals surface area (Å²) in [6, 6.07) is 16.3. The Bertz CT molecular complexity index is 680. The molecule has 0 radical (unpaired) electrons. The summed E-state index contributed by atoms with van der Waals surface area (Å²) in [5.74, 6) is 1.74. The maximum absolute atomic E-state index is 5.85. The molecule has 3 aromatic rings. The molecule has 0 unspecified atom stereocenters. The number of nitrogens with zero attached hydrogens (tertiary/aromatic N) is 1.